The third kappa shape index (κ3) is 2.43. The fraction of sp³-hybridized carbons (Fsp3) is 0.810. The monoisotopic (exact) mass is 346 g/mol. The van der Waals surface area contributed by atoms with Crippen molar-refractivity contribution in [3.8, 4) is 0 Å². The van der Waals surface area contributed by atoms with Crippen molar-refractivity contribution >= 4 is 11.8 Å². The summed E-state index contributed by atoms with van der Waals surface area (Å²) >= 11 is 0. The van der Waals surface area contributed by atoms with Crippen molar-refractivity contribution in [1.29, 1.82) is 0 Å². The molecule has 0 heterocycles. The van der Waals surface area contributed by atoms with E-state index >= 15 is 0 Å². The van der Waals surface area contributed by atoms with Crippen molar-refractivity contribution < 1.29 is 19.8 Å². The number of carbonyl (C=O) groups excluding carboxylic acids is 1. The number of carboxylic acids is 1. The highest BCUT2D eigenvalue weighted by Crippen LogP contribution is 2.65. The van der Waals surface area contributed by atoms with Gasteiger partial charge in [-0.15, -0.1) is 0 Å². The van der Waals surface area contributed by atoms with Crippen molar-refractivity contribution in [3.05, 3.63) is 11.6 Å². The van der Waals surface area contributed by atoms with Crippen LogP contribution in [-0.4, -0.2) is 28.1 Å². The Morgan fingerprint density at radius 3 is 2.76 bits per heavy atom. The Morgan fingerprint density at radius 2 is 2.04 bits per heavy atom. The smallest absolute Gasteiger partial charge is 0.307 e. The largest absolute Gasteiger partial charge is 0.481 e. The van der Waals surface area contributed by atoms with E-state index in [4.69, 9.17) is 0 Å². The summed E-state index contributed by atoms with van der Waals surface area (Å²) in [4.78, 5) is 24.6. The third-order valence-corrected chi connectivity index (χ3v) is 8.41. The second-order valence-electron chi connectivity index (χ2n) is 9.55. The molecule has 4 nitrogen and oxygen atoms in total. The highest BCUT2D eigenvalue weighted by atomic mass is 16.4. The first kappa shape index (κ1) is 17.3. The van der Waals surface area contributed by atoms with Gasteiger partial charge in [0.25, 0.3) is 0 Å². The van der Waals surface area contributed by atoms with Gasteiger partial charge in [0.15, 0.2) is 0 Å². The molecule has 25 heavy (non-hydrogen) atoms. The Labute approximate surface area is 149 Å². The first-order chi connectivity index (χ1) is 11.8. The molecule has 138 valence electrons. The molecule has 2 N–H and O–H groups in total. The second-order valence-corrected chi connectivity index (χ2v) is 9.55. The number of allylic oxidation sites excluding steroid dienone is 1. The maximum absolute atomic E-state index is 13.3. The number of aliphatic hydroxyl groups is 1. The van der Waals surface area contributed by atoms with Gasteiger partial charge in [-0.2, -0.15) is 0 Å². The van der Waals surface area contributed by atoms with E-state index in [0.717, 1.165) is 44.1 Å². The van der Waals surface area contributed by atoms with Crippen LogP contribution in [0.4, 0.5) is 0 Å². The molecule has 3 saturated carbocycles. The van der Waals surface area contributed by atoms with Gasteiger partial charge in [-0.05, 0) is 67.1 Å². The zero-order chi connectivity index (χ0) is 18.0. The van der Waals surface area contributed by atoms with Crippen LogP contribution in [0.1, 0.15) is 65.2 Å². The van der Waals surface area contributed by atoms with Gasteiger partial charge in [-0.25, -0.2) is 0 Å². The number of hydrogen-bond donors (Lipinski definition) is 2. The van der Waals surface area contributed by atoms with Gasteiger partial charge >= 0.3 is 5.97 Å². The maximum Gasteiger partial charge on any atom is 0.307 e. The van der Waals surface area contributed by atoms with Crippen molar-refractivity contribution in [1.82, 2.24) is 0 Å². The molecule has 3 fully saturated rings. The summed E-state index contributed by atoms with van der Waals surface area (Å²) in [5, 5.41) is 19.3. The van der Waals surface area contributed by atoms with E-state index in [1.807, 2.05) is 0 Å². The molecule has 4 rings (SSSR count). The summed E-state index contributed by atoms with van der Waals surface area (Å²) in [6.45, 7) is 4.42. The number of hydrogen-bond acceptors (Lipinski definition) is 3. The molecule has 0 aromatic heterocycles. The Bertz CT molecular complexity index is 638. The zero-order valence-corrected chi connectivity index (χ0v) is 15.3. The summed E-state index contributed by atoms with van der Waals surface area (Å²) in [6.07, 6.45) is 8.18. The fourth-order valence-electron chi connectivity index (χ4n) is 7.15. The fourth-order valence-corrected chi connectivity index (χ4v) is 7.15. The predicted molar refractivity (Wildman–Crippen MR) is 93.8 cm³/mol. The Balaban J connectivity index is 1.65. The molecule has 0 aromatic carbocycles. The normalized spacial score (nSPS) is 49.0. The molecule has 0 spiro atoms. The Kier molecular flexibility index (Phi) is 3.91. The van der Waals surface area contributed by atoms with Crippen molar-refractivity contribution in [2.45, 2.75) is 71.3 Å². The van der Waals surface area contributed by atoms with E-state index in [1.54, 1.807) is 0 Å². The van der Waals surface area contributed by atoms with E-state index < -0.39 is 5.97 Å². The van der Waals surface area contributed by atoms with Gasteiger partial charge in [-0.1, -0.05) is 25.5 Å². The molecule has 0 amide bonds. The van der Waals surface area contributed by atoms with Crippen LogP contribution in [0.5, 0.6) is 0 Å². The predicted octanol–water partition coefficient (Wildman–Crippen LogP) is 3.58. The quantitative estimate of drug-likeness (QED) is 0.750. The van der Waals surface area contributed by atoms with Crippen LogP contribution < -0.4 is 0 Å². The van der Waals surface area contributed by atoms with Gasteiger partial charge < -0.3 is 10.2 Å². The lowest BCUT2D eigenvalue weighted by atomic mass is 9.44. The van der Waals surface area contributed by atoms with E-state index in [1.165, 1.54) is 0 Å². The van der Waals surface area contributed by atoms with E-state index in [0.29, 0.717) is 30.0 Å². The molecule has 4 aliphatic carbocycles. The molecule has 0 aliphatic heterocycles. The lowest BCUT2D eigenvalue weighted by Crippen LogP contribution is -2.57. The number of aliphatic carboxylic acids is 1. The molecular weight excluding hydrogens is 316 g/mol. The van der Waals surface area contributed by atoms with Gasteiger partial charge in [0, 0.05) is 12.3 Å². The van der Waals surface area contributed by atoms with Gasteiger partial charge in [0.05, 0.1) is 12.5 Å². The van der Waals surface area contributed by atoms with Crippen LogP contribution in [0.3, 0.4) is 0 Å². The van der Waals surface area contributed by atoms with Crippen molar-refractivity contribution in [2.24, 2.45) is 34.5 Å². The molecular formula is C21H30O4. The molecule has 7 atom stereocenters. The number of rotatable bonds is 2. The van der Waals surface area contributed by atoms with Crippen LogP contribution in [0, 0.1) is 34.5 Å². The summed E-state index contributed by atoms with van der Waals surface area (Å²) in [7, 11) is 0. The summed E-state index contributed by atoms with van der Waals surface area (Å²) in [5.74, 6) is 0.915. The molecule has 4 aliphatic rings. The van der Waals surface area contributed by atoms with E-state index in [-0.39, 0.29) is 29.3 Å². The maximum atomic E-state index is 13.3. The Hall–Kier alpha value is -1.16. The second kappa shape index (κ2) is 5.67. The van der Waals surface area contributed by atoms with Crippen LogP contribution in [0.25, 0.3) is 0 Å². The number of ketones is 1. The van der Waals surface area contributed by atoms with Crippen molar-refractivity contribution in [3.63, 3.8) is 0 Å². The van der Waals surface area contributed by atoms with Crippen LogP contribution in [-0.2, 0) is 9.59 Å². The molecule has 0 bridgehead atoms. The van der Waals surface area contributed by atoms with Crippen LogP contribution in [0.15, 0.2) is 11.6 Å². The Morgan fingerprint density at radius 1 is 1.28 bits per heavy atom. The minimum Gasteiger partial charge on any atom is -0.481 e. The molecule has 6 unspecified atom stereocenters. The van der Waals surface area contributed by atoms with E-state index in [9.17, 15) is 19.8 Å². The first-order valence-corrected chi connectivity index (χ1v) is 9.88. The summed E-state index contributed by atoms with van der Waals surface area (Å²) in [6, 6.07) is 0. The molecule has 0 aromatic rings. The van der Waals surface area contributed by atoms with Crippen LogP contribution >= 0.6 is 0 Å². The summed E-state index contributed by atoms with van der Waals surface area (Å²) in [5.41, 5.74) is 0.743. The number of fused-ring (bicyclic) bond motifs is 5. The average molecular weight is 346 g/mol. The van der Waals surface area contributed by atoms with Gasteiger partial charge in [0.1, 0.15) is 5.78 Å². The molecule has 0 radical (unpaired) electrons. The van der Waals surface area contributed by atoms with Gasteiger partial charge in [-0.3, -0.25) is 9.59 Å². The summed E-state index contributed by atoms with van der Waals surface area (Å²) < 4.78 is 0. The highest BCUT2D eigenvalue weighted by molar-refractivity contribution is 5.85. The van der Waals surface area contributed by atoms with Crippen LogP contribution in [0.2, 0.25) is 0 Å². The zero-order valence-electron chi connectivity index (χ0n) is 15.3. The number of aliphatic hydroxyl groups excluding tert-OH is 1. The first-order valence-electron chi connectivity index (χ1n) is 9.88. The topological polar surface area (TPSA) is 74.6 Å². The standard InChI is InChI=1S/C21H30O4/c1-20-8-7-14(22)9-12(20)3-5-15-16-6-4-13(10-18(24)25)21(16,2)11-17(23)19(15)20/h4,12,14-16,19,22H,3,5-11H2,1-2H3,(H,24,25)/t12-,14?,15?,16?,19?,20?,21?/m0/s1. The number of carbonyl (C=O) groups is 2. The average Bonchev–Trinajstić information content (AvgIpc) is 2.83. The van der Waals surface area contributed by atoms with Crippen molar-refractivity contribution in [2.75, 3.05) is 0 Å². The minimum absolute atomic E-state index is 0.0239. The lowest BCUT2D eigenvalue weighted by molar-refractivity contribution is -0.158. The SMILES string of the molecule is CC12CC(=O)C3C(CC[C@H]4CC(O)CCC34C)C1CC=C2CC(=O)O. The number of carboxylic acid groups (broad SMARTS) is 1. The van der Waals surface area contributed by atoms with E-state index in [2.05, 4.69) is 19.9 Å². The third-order valence-electron chi connectivity index (χ3n) is 8.41. The molecule has 0 saturated heterocycles. The minimum atomic E-state index is -0.792. The highest BCUT2D eigenvalue weighted by Gasteiger charge is 2.61. The lowest BCUT2D eigenvalue weighted by Gasteiger charge is -2.59. The number of Topliss-reactive ketones (excluding diaryl/α,β-unsaturated/α-hetero) is 1. The molecule has 4 heteroatoms. The van der Waals surface area contributed by atoms with Gasteiger partial charge in [0.2, 0.25) is 0 Å².